The van der Waals surface area contributed by atoms with Crippen molar-refractivity contribution in [2.24, 2.45) is 5.73 Å². The Kier molecular flexibility index (Phi) is 5.28. The van der Waals surface area contributed by atoms with E-state index in [0.717, 1.165) is 26.2 Å². The second kappa shape index (κ2) is 7.60. The van der Waals surface area contributed by atoms with E-state index >= 15 is 0 Å². The molecule has 0 unspecified atom stereocenters. The second-order valence-electron chi connectivity index (χ2n) is 6.37. The number of carbonyl (C=O) groups is 1. The number of rotatable bonds is 5. The molecular formula is C20H25N3O. The lowest BCUT2D eigenvalue weighted by Crippen LogP contribution is -2.53. The van der Waals surface area contributed by atoms with Crippen LogP contribution in [-0.2, 0) is 4.79 Å². The third kappa shape index (κ3) is 3.66. The highest BCUT2D eigenvalue weighted by Gasteiger charge is 2.29. The Labute approximate surface area is 143 Å². The largest absolute Gasteiger partial charge is 0.368 e. The summed E-state index contributed by atoms with van der Waals surface area (Å²) in [5.74, 6) is -0.244. The fourth-order valence-electron chi connectivity index (χ4n) is 3.45. The molecule has 0 saturated carbocycles. The molecule has 4 heteroatoms. The zero-order valence-corrected chi connectivity index (χ0v) is 14.1. The highest BCUT2D eigenvalue weighted by Crippen LogP contribution is 2.29. The van der Waals surface area contributed by atoms with Crippen LogP contribution in [0.3, 0.4) is 0 Å². The van der Waals surface area contributed by atoms with Crippen molar-refractivity contribution in [2.75, 3.05) is 26.2 Å². The molecule has 0 bridgehead atoms. The van der Waals surface area contributed by atoms with Crippen LogP contribution in [0.4, 0.5) is 0 Å². The minimum atomic E-state index is -0.244. The van der Waals surface area contributed by atoms with Gasteiger partial charge in [-0.2, -0.15) is 0 Å². The number of carbonyl (C=O) groups excluding carboxylic acids is 1. The molecule has 1 saturated heterocycles. The molecule has 1 amide bonds. The van der Waals surface area contributed by atoms with Crippen molar-refractivity contribution < 1.29 is 4.79 Å². The summed E-state index contributed by atoms with van der Waals surface area (Å²) in [5, 5.41) is 0. The van der Waals surface area contributed by atoms with Crippen LogP contribution < -0.4 is 5.73 Å². The summed E-state index contributed by atoms with van der Waals surface area (Å²) < 4.78 is 0. The van der Waals surface area contributed by atoms with E-state index in [9.17, 15) is 4.79 Å². The molecule has 4 nitrogen and oxygen atoms in total. The summed E-state index contributed by atoms with van der Waals surface area (Å²) in [6.45, 7) is 5.46. The van der Waals surface area contributed by atoms with Crippen LogP contribution in [0.1, 0.15) is 24.1 Å². The number of benzene rings is 2. The van der Waals surface area contributed by atoms with E-state index in [-0.39, 0.29) is 18.0 Å². The molecule has 1 atom stereocenters. The fraction of sp³-hybridized carbons (Fsp3) is 0.350. The second-order valence-corrected chi connectivity index (χ2v) is 6.37. The van der Waals surface area contributed by atoms with Gasteiger partial charge in [-0.05, 0) is 18.1 Å². The molecule has 1 aliphatic heterocycles. The Balaban J connectivity index is 1.80. The predicted octanol–water partition coefficient (Wildman–Crippen LogP) is 2.27. The molecule has 0 spiro atoms. The Morgan fingerprint density at radius 2 is 1.25 bits per heavy atom. The number of primary amides is 1. The maximum atomic E-state index is 11.4. The lowest BCUT2D eigenvalue weighted by molar-refractivity contribution is -0.123. The first-order chi connectivity index (χ1) is 11.7. The van der Waals surface area contributed by atoms with Gasteiger partial charge in [-0.25, -0.2) is 0 Å². The normalized spacial score (nSPS) is 17.8. The summed E-state index contributed by atoms with van der Waals surface area (Å²) >= 11 is 0. The van der Waals surface area contributed by atoms with Gasteiger partial charge in [-0.15, -0.1) is 0 Å². The van der Waals surface area contributed by atoms with Gasteiger partial charge < -0.3 is 5.73 Å². The molecule has 0 aromatic heterocycles. The van der Waals surface area contributed by atoms with Gasteiger partial charge in [0, 0.05) is 26.2 Å². The van der Waals surface area contributed by atoms with E-state index in [2.05, 4.69) is 70.5 Å². The molecule has 1 fully saturated rings. The number of amides is 1. The van der Waals surface area contributed by atoms with Crippen LogP contribution in [-0.4, -0.2) is 47.9 Å². The topological polar surface area (TPSA) is 49.6 Å². The van der Waals surface area contributed by atoms with Crippen molar-refractivity contribution in [1.29, 1.82) is 0 Å². The predicted molar refractivity (Wildman–Crippen MR) is 96.5 cm³/mol. The highest BCUT2D eigenvalue weighted by atomic mass is 16.1. The first-order valence-corrected chi connectivity index (χ1v) is 8.54. The lowest BCUT2D eigenvalue weighted by Gasteiger charge is -2.41. The molecule has 24 heavy (non-hydrogen) atoms. The van der Waals surface area contributed by atoms with Gasteiger partial charge >= 0.3 is 0 Å². The van der Waals surface area contributed by atoms with Crippen molar-refractivity contribution in [3.63, 3.8) is 0 Å². The SMILES string of the molecule is C[C@@H](C(N)=O)N1CCN(C(c2ccccc2)c2ccccc2)CC1. The smallest absolute Gasteiger partial charge is 0.234 e. The molecule has 2 aromatic rings. The van der Waals surface area contributed by atoms with E-state index in [1.165, 1.54) is 11.1 Å². The van der Waals surface area contributed by atoms with Gasteiger partial charge in [-0.1, -0.05) is 60.7 Å². The Morgan fingerprint density at radius 1 is 0.833 bits per heavy atom. The zero-order valence-electron chi connectivity index (χ0n) is 14.1. The number of nitrogens with two attached hydrogens (primary N) is 1. The summed E-state index contributed by atoms with van der Waals surface area (Å²) in [5.41, 5.74) is 8.06. The average Bonchev–Trinajstić information content (AvgIpc) is 2.64. The molecule has 2 N–H and O–H groups in total. The van der Waals surface area contributed by atoms with Gasteiger partial charge in [0.1, 0.15) is 0 Å². The number of hydrogen-bond donors (Lipinski definition) is 1. The van der Waals surface area contributed by atoms with Crippen molar-refractivity contribution in [3.05, 3.63) is 71.8 Å². The number of hydrogen-bond acceptors (Lipinski definition) is 3. The average molecular weight is 323 g/mol. The van der Waals surface area contributed by atoms with E-state index in [1.807, 2.05) is 6.92 Å². The lowest BCUT2D eigenvalue weighted by atomic mass is 9.96. The number of nitrogens with zero attached hydrogens (tertiary/aromatic N) is 2. The molecule has 2 aromatic carbocycles. The standard InChI is InChI=1S/C20H25N3O/c1-16(20(21)24)22-12-14-23(15-13-22)19(17-8-4-2-5-9-17)18-10-6-3-7-11-18/h2-11,16,19H,12-15H2,1H3,(H2,21,24)/t16-/m0/s1. The monoisotopic (exact) mass is 323 g/mol. The van der Waals surface area contributed by atoms with Crippen molar-refractivity contribution in [2.45, 2.75) is 19.0 Å². The highest BCUT2D eigenvalue weighted by molar-refractivity contribution is 5.79. The van der Waals surface area contributed by atoms with Crippen LogP contribution in [0.5, 0.6) is 0 Å². The van der Waals surface area contributed by atoms with Gasteiger partial charge in [0.15, 0.2) is 0 Å². The quantitative estimate of drug-likeness (QED) is 0.918. The van der Waals surface area contributed by atoms with Crippen molar-refractivity contribution in [1.82, 2.24) is 9.80 Å². The Bertz CT molecular complexity index is 612. The van der Waals surface area contributed by atoms with Crippen LogP contribution >= 0.6 is 0 Å². The molecule has 1 heterocycles. The minimum absolute atomic E-state index is 0.195. The zero-order chi connectivity index (χ0) is 16.9. The van der Waals surface area contributed by atoms with Gasteiger partial charge in [0.05, 0.1) is 12.1 Å². The van der Waals surface area contributed by atoms with Gasteiger partial charge in [0.25, 0.3) is 0 Å². The number of piperazine rings is 1. The molecule has 0 radical (unpaired) electrons. The molecule has 1 aliphatic rings. The molecular weight excluding hydrogens is 298 g/mol. The Morgan fingerprint density at radius 3 is 1.67 bits per heavy atom. The maximum Gasteiger partial charge on any atom is 0.234 e. The first kappa shape index (κ1) is 16.7. The summed E-state index contributed by atoms with van der Waals surface area (Å²) in [6.07, 6.45) is 0. The van der Waals surface area contributed by atoms with E-state index in [1.54, 1.807) is 0 Å². The van der Waals surface area contributed by atoms with Crippen LogP contribution in [0.2, 0.25) is 0 Å². The summed E-state index contributed by atoms with van der Waals surface area (Å²) in [6, 6.07) is 21.3. The van der Waals surface area contributed by atoms with Crippen LogP contribution in [0.15, 0.2) is 60.7 Å². The molecule has 3 rings (SSSR count). The van der Waals surface area contributed by atoms with E-state index < -0.39 is 0 Å². The maximum absolute atomic E-state index is 11.4. The third-order valence-corrected chi connectivity index (χ3v) is 4.90. The molecule has 126 valence electrons. The van der Waals surface area contributed by atoms with Crippen LogP contribution in [0.25, 0.3) is 0 Å². The van der Waals surface area contributed by atoms with Crippen molar-refractivity contribution in [3.8, 4) is 0 Å². The van der Waals surface area contributed by atoms with E-state index in [4.69, 9.17) is 5.73 Å². The van der Waals surface area contributed by atoms with Crippen molar-refractivity contribution >= 4 is 5.91 Å². The minimum Gasteiger partial charge on any atom is -0.368 e. The summed E-state index contributed by atoms with van der Waals surface area (Å²) in [4.78, 5) is 16.1. The van der Waals surface area contributed by atoms with Crippen LogP contribution in [0, 0.1) is 0 Å². The van der Waals surface area contributed by atoms with E-state index in [0.29, 0.717) is 0 Å². The third-order valence-electron chi connectivity index (χ3n) is 4.90. The van der Waals surface area contributed by atoms with Gasteiger partial charge in [-0.3, -0.25) is 14.6 Å². The van der Waals surface area contributed by atoms with Gasteiger partial charge in [0.2, 0.25) is 5.91 Å². The Hall–Kier alpha value is -2.17. The molecule has 0 aliphatic carbocycles. The first-order valence-electron chi connectivity index (χ1n) is 8.54. The summed E-state index contributed by atoms with van der Waals surface area (Å²) in [7, 11) is 0. The fourth-order valence-corrected chi connectivity index (χ4v) is 3.45.